The first-order valence-corrected chi connectivity index (χ1v) is 11.0. The third kappa shape index (κ3) is 5.00. The Morgan fingerprint density at radius 2 is 2.03 bits per heavy atom. The average molecular weight is 497 g/mol. The van der Waals surface area contributed by atoms with Crippen LogP contribution in [0.15, 0.2) is 70.2 Å². The summed E-state index contributed by atoms with van der Waals surface area (Å²) in [6, 6.07) is 13.5. The predicted octanol–water partition coefficient (Wildman–Crippen LogP) is 4.82. The second-order valence-electron chi connectivity index (χ2n) is 6.95. The summed E-state index contributed by atoms with van der Waals surface area (Å²) in [4.78, 5) is 37.5. The van der Waals surface area contributed by atoms with Gasteiger partial charge in [-0.25, -0.2) is 4.79 Å². The van der Waals surface area contributed by atoms with E-state index in [0.717, 1.165) is 6.07 Å². The van der Waals surface area contributed by atoms with E-state index in [1.54, 1.807) is 30.3 Å². The van der Waals surface area contributed by atoms with Crippen LogP contribution in [-0.2, 0) is 11.3 Å². The number of nitrogens with zero attached hydrogens (tertiary/aromatic N) is 2. The molecule has 34 heavy (non-hydrogen) atoms. The van der Waals surface area contributed by atoms with Gasteiger partial charge in [-0.2, -0.15) is 0 Å². The Labute approximate surface area is 203 Å². The Balaban J connectivity index is 1.52. The normalized spacial score (nSPS) is 14.5. The Hall–Kier alpha value is -3.96. The number of esters is 1. The molecule has 9 nitrogen and oxygen atoms in total. The first-order chi connectivity index (χ1) is 16.4. The van der Waals surface area contributed by atoms with Gasteiger partial charge >= 0.3 is 5.97 Å². The van der Waals surface area contributed by atoms with Gasteiger partial charge in [0.1, 0.15) is 10.1 Å². The summed E-state index contributed by atoms with van der Waals surface area (Å²) < 4.78 is 16.4. The number of methoxy groups -OCH3 is 1. The minimum atomic E-state index is -0.770. The molecule has 1 aliphatic rings. The Morgan fingerprint density at radius 3 is 2.74 bits per heavy atom. The number of thioether (sulfide) groups is 1. The van der Waals surface area contributed by atoms with E-state index in [4.69, 9.17) is 26.1 Å². The van der Waals surface area contributed by atoms with Crippen LogP contribution in [0, 0.1) is 10.1 Å². The van der Waals surface area contributed by atoms with Crippen LogP contribution in [0.5, 0.6) is 11.5 Å². The van der Waals surface area contributed by atoms with Crippen molar-refractivity contribution in [1.29, 1.82) is 0 Å². The van der Waals surface area contributed by atoms with Crippen LogP contribution in [0.1, 0.15) is 21.7 Å². The van der Waals surface area contributed by atoms with Crippen molar-refractivity contribution >= 4 is 51.9 Å². The van der Waals surface area contributed by atoms with E-state index in [2.05, 4.69) is 0 Å². The maximum absolute atomic E-state index is 12.8. The van der Waals surface area contributed by atoms with Crippen LogP contribution in [-0.4, -0.2) is 33.1 Å². The Morgan fingerprint density at radius 1 is 1.21 bits per heavy atom. The van der Waals surface area contributed by atoms with Gasteiger partial charge in [-0.15, -0.1) is 0 Å². The maximum Gasteiger partial charge on any atom is 0.343 e. The number of rotatable bonds is 7. The molecule has 0 radical (unpaired) electrons. The summed E-state index contributed by atoms with van der Waals surface area (Å²) >= 11 is 6.51. The largest absolute Gasteiger partial charge is 0.493 e. The van der Waals surface area contributed by atoms with E-state index in [0.29, 0.717) is 20.5 Å². The number of thiocarbonyl (C=S) groups is 1. The predicted molar refractivity (Wildman–Crippen MR) is 128 cm³/mol. The lowest BCUT2D eigenvalue weighted by Crippen LogP contribution is -2.27. The number of furan rings is 1. The molecule has 0 saturated carbocycles. The first-order valence-electron chi connectivity index (χ1n) is 9.78. The highest BCUT2D eigenvalue weighted by Crippen LogP contribution is 2.35. The van der Waals surface area contributed by atoms with E-state index >= 15 is 0 Å². The zero-order valence-electron chi connectivity index (χ0n) is 17.6. The van der Waals surface area contributed by atoms with Crippen molar-refractivity contribution in [2.75, 3.05) is 7.11 Å². The third-order valence-electron chi connectivity index (χ3n) is 4.75. The maximum atomic E-state index is 12.8. The molecule has 0 atom stereocenters. The number of nitro benzene ring substituents is 1. The Bertz CT molecular complexity index is 1320. The van der Waals surface area contributed by atoms with Crippen molar-refractivity contribution in [2.45, 2.75) is 6.54 Å². The average Bonchev–Trinajstić information content (AvgIpc) is 3.44. The van der Waals surface area contributed by atoms with Crippen molar-refractivity contribution in [2.24, 2.45) is 0 Å². The van der Waals surface area contributed by atoms with E-state index in [1.807, 2.05) is 0 Å². The molecular weight excluding hydrogens is 480 g/mol. The molecule has 4 rings (SSSR count). The van der Waals surface area contributed by atoms with Crippen molar-refractivity contribution in [1.82, 2.24) is 4.90 Å². The van der Waals surface area contributed by atoms with Crippen molar-refractivity contribution in [3.63, 3.8) is 0 Å². The highest BCUT2D eigenvalue weighted by molar-refractivity contribution is 8.26. The van der Waals surface area contributed by atoms with E-state index in [9.17, 15) is 19.7 Å². The van der Waals surface area contributed by atoms with Gasteiger partial charge in [0.15, 0.2) is 11.5 Å². The molecular formula is C23H16N2O7S2. The lowest BCUT2D eigenvalue weighted by molar-refractivity contribution is -0.384. The number of ether oxygens (including phenoxy) is 2. The smallest absolute Gasteiger partial charge is 0.343 e. The van der Waals surface area contributed by atoms with E-state index in [1.165, 1.54) is 54.3 Å². The molecule has 3 aromatic rings. The van der Waals surface area contributed by atoms with Crippen LogP contribution in [0.4, 0.5) is 5.69 Å². The quantitative estimate of drug-likeness (QED) is 0.113. The molecule has 1 fully saturated rings. The zero-order valence-corrected chi connectivity index (χ0v) is 19.3. The summed E-state index contributed by atoms with van der Waals surface area (Å²) in [7, 11) is 1.41. The number of hydrogen-bond acceptors (Lipinski definition) is 9. The lowest BCUT2D eigenvalue weighted by atomic mass is 10.1. The number of amides is 1. The molecule has 1 aromatic heterocycles. The van der Waals surface area contributed by atoms with Crippen LogP contribution in [0.25, 0.3) is 6.08 Å². The number of nitro groups is 1. The molecule has 2 aromatic carbocycles. The number of carbonyl (C=O) groups is 2. The van der Waals surface area contributed by atoms with Crippen LogP contribution in [0.3, 0.4) is 0 Å². The minimum absolute atomic E-state index is 0.0283. The SMILES string of the molecule is COc1cc(/C=C2/SC(=S)N(Cc3ccco3)C2=O)ccc1OC(=O)c1cccc([N+](=O)[O-])c1. The molecule has 0 aliphatic carbocycles. The molecule has 0 N–H and O–H groups in total. The number of carbonyl (C=O) groups excluding carboxylic acids is 2. The van der Waals surface area contributed by atoms with Gasteiger partial charge in [-0.1, -0.05) is 36.1 Å². The molecule has 172 valence electrons. The van der Waals surface area contributed by atoms with Gasteiger partial charge in [0.25, 0.3) is 11.6 Å². The van der Waals surface area contributed by atoms with Gasteiger partial charge in [0.05, 0.1) is 35.3 Å². The van der Waals surface area contributed by atoms with Crippen molar-refractivity contribution in [3.8, 4) is 11.5 Å². The van der Waals surface area contributed by atoms with Gasteiger partial charge < -0.3 is 13.9 Å². The second kappa shape index (κ2) is 9.89. The summed E-state index contributed by atoms with van der Waals surface area (Å²) in [5.74, 6) is -0.0191. The van der Waals surface area contributed by atoms with E-state index in [-0.39, 0.29) is 35.2 Å². The second-order valence-corrected chi connectivity index (χ2v) is 8.63. The van der Waals surface area contributed by atoms with E-state index < -0.39 is 10.9 Å². The summed E-state index contributed by atoms with van der Waals surface area (Å²) in [5.41, 5.74) is 0.437. The summed E-state index contributed by atoms with van der Waals surface area (Å²) in [6.07, 6.45) is 3.19. The number of hydrogen-bond donors (Lipinski definition) is 0. The zero-order chi connectivity index (χ0) is 24.2. The molecule has 0 bridgehead atoms. The molecule has 2 heterocycles. The molecule has 0 unspecified atom stereocenters. The molecule has 1 saturated heterocycles. The topological polar surface area (TPSA) is 112 Å². The van der Waals surface area contributed by atoms with Gasteiger partial charge in [0, 0.05) is 12.1 Å². The fourth-order valence-electron chi connectivity index (χ4n) is 3.11. The molecule has 1 amide bonds. The molecule has 1 aliphatic heterocycles. The van der Waals surface area contributed by atoms with Gasteiger partial charge in [-0.05, 0) is 42.0 Å². The highest BCUT2D eigenvalue weighted by atomic mass is 32.2. The molecule has 0 spiro atoms. The number of non-ortho nitro benzene ring substituents is 1. The van der Waals surface area contributed by atoms with Crippen molar-refractivity contribution in [3.05, 3.63) is 92.8 Å². The fourth-order valence-corrected chi connectivity index (χ4v) is 4.36. The summed E-state index contributed by atoms with van der Waals surface area (Å²) in [6.45, 7) is 0.241. The number of benzene rings is 2. The fraction of sp³-hybridized carbons (Fsp3) is 0.0870. The third-order valence-corrected chi connectivity index (χ3v) is 6.13. The van der Waals surface area contributed by atoms with Crippen LogP contribution >= 0.6 is 24.0 Å². The summed E-state index contributed by atoms with van der Waals surface area (Å²) in [5, 5.41) is 10.9. The van der Waals surface area contributed by atoms with Gasteiger partial charge in [-0.3, -0.25) is 19.8 Å². The first kappa shape index (κ1) is 23.2. The van der Waals surface area contributed by atoms with Crippen molar-refractivity contribution < 1.29 is 28.4 Å². The monoisotopic (exact) mass is 496 g/mol. The minimum Gasteiger partial charge on any atom is -0.493 e. The van der Waals surface area contributed by atoms with Gasteiger partial charge in [0.2, 0.25) is 0 Å². The standard InChI is InChI=1S/C23H16N2O7S2/c1-30-19-10-14(11-20-21(26)24(23(33)34-20)13-17-6-3-9-31-17)7-8-18(19)32-22(27)15-4-2-5-16(12-15)25(28)29/h2-12H,13H2,1H3/b20-11+. The van der Waals surface area contributed by atoms with Crippen LogP contribution < -0.4 is 9.47 Å². The van der Waals surface area contributed by atoms with Crippen LogP contribution in [0.2, 0.25) is 0 Å². The lowest BCUT2D eigenvalue weighted by Gasteiger charge is -2.12. The molecule has 11 heteroatoms. The Kier molecular flexibility index (Phi) is 6.75. The highest BCUT2D eigenvalue weighted by Gasteiger charge is 2.32.